The highest BCUT2D eigenvalue weighted by Crippen LogP contribution is 2.23. The number of hydrogen-bond acceptors (Lipinski definition) is 3. The number of aryl methyl sites for hydroxylation is 2. The molecule has 0 aliphatic heterocycles. The summed E-state index contributed by atoms with van der Waals surface area (Å²) < 4.78 is 5.62. The van der Waals surface area contributed by atoms with Gasteiger partial charge in [0.1, 0.15) is 11.5 Å². The molecule has 0 saturated heterocycles. The van der Waals surface area contributed by atoms with Gasteiger partial charge in [-0.15, -0.1) is 0 Å². The monoisotopic (exact) mass is 258 g/mol. The predicted molar refractivity (Wildman–Crippen MR) is 79.2 cm³/mol. The van der Waals surface area contributed by atoms with Gasteiger partial charge >= 0.3 is 0 Å². The Labute approximate surface area is 115 Å². The SMILES string of the molecule is CCN(Cc1cc(CN)oc1C)c1ccccc1C. The van der Waals surface area contributed by atoms with Crippen molar-refractivity contribution in [1.29, 1.82) is 0 Å². The van der Waals surface area contributed by atoms with E-state index >= 15 is 0 Å². The zero-order chi connectivity index (χ0) is 13.8. The van der Waals surface area contributed by atoms with Gasteiger partial charge in [0.15, 0.2) is 0 Å². The molecule has 102 valence electrons. The number of nitrogens with two attached hydrogens (primary N) is 1. The number of para-hydroxylation sites is 1. The molecule has 19 heavy (non-hydrogen) atoms. The van der Waals surface area contributed by atoms with E-state index in [0.29, 0.717) is 6.54 Å². The van der Waals surface area contributed by atoms with Gasteiger partial charge in [0.25, 0.3) is 0 Å². The first-order chi connectivity index (χ1) is 9.15. The van der Waals surface area contributed by atoms with Crippen molar-refractivity contribution in [3.05, 3.63) is 53.0 Å². The lowest BCUT2D eigenvalue weighted by Gasteiger charge is -2.24. The molecule has 0 unspecified atom stereocenters. The van der Waals surface area contributed by atoms with Crippen LogP contribution in [0.4, 0.5) is 5.69 Å². The molecule has 2 rings (SSSR count). The van der Waals surface area contributed by atoms with Crippen LogP contribution in [0.2, 0.25) is 0 Å². The number of benzene rings is 1. The van der Waals surface area contributed by atoms with E-state index in [2.05, 4.69) is 49.1 Å². The summed E-state index contributed by atoms with van der Waals surface area (Å²) in [5.74, 6) is 1.82. The third-order valence-corrected chi connectivity index (χ3v) is 3.47. The van der Waals surface area contributed by atoms with Gasteiger partial charge < -0.3 is 15.1 Å². The number of nitrogens with zero attached hydrogens (tertiary/aromatic N) is 1. The fourth-order valence-corrected chi connectivity index (χ4v) is 2.34. The normalized spacial score (nSPS) is 10.7. The highest BCUT2D eigenvalue weighted by molar-refractivity contribution is 5.53. The van der Waals surface area contributed by atoms with Crippen LogP contribution >= 0.6 is 0 Å². The maximum Gasteiger partial charge on any atom is 0.118 e. The van der Waals surface area contributed by atoms with E-state index in [0.717, 1.165) is 24.6 Å². The van der Waals surface area contributed by atoms with Crippen molar-refractivity contribution in [2.45, 2.75) is 33.9 Å². The zero-order valence-corrected chi connectivity index (χ0v) is 11.9. The van der Waals surface area contributed by atoms with Gasteiger partial charge in [0, 0.05) is 24.3 Å². The van der Waals surface area contributed by atoms with Crippen LogP contribution in [0.1, 0.15) is 29.6 Å². The molecule has 0 atom stereocenters. The van der Waals surface area contributed by atoms with Crippen molar-refractivity contribution in [3.8, 4) is 0 Å². The predicted octanol–water partition coefficient (Wildman–Crippen LogP) is 3.38. The number of rotatable bonds is 5. The maximum atomic E-state index is 5.62. The van der Waals surface area contributed by atoms with Crippen molar-refractivity contribution < 1.29 is 4.42 Å². The Morgan fingerprint density at radius 2 is 1.95 bits per heavy atom. The summed E-state index contributed by atoms with van der Waals surface area (Å²) >= 11 is 0. The van der Waals surface area contributed by atoms with Crippen LogP contribution in [0.25, 0.3) is 0 Å². The molecule has 0 aliphatic carbocycles. The largest absolute Gasteiger partial charge is 0.465 e. The fourth-order valence-electron chi connectivity index (χ4n) is 2.34. The minimum absolute atomic E-state index is 0.456. The van der Waals surface area contributed by atoms with Crippen LogP contribution in [0.3, 0.4) is 0 Å². The van der Waals surface area contributed by atoms with E-state index in [1.807, 2.05) is 6.92 Å². The molecule has 2 aromatic rings. The quantitative estimate of drug-likeness (QED) is 0.894. The Morgan fingerprint density at radius 3 is 2.53 bits per heavy atom. The van der Waals surface area contributed by atoms with Gasteiger partial charge in [-0.05, 0) is 38.5 Å². The lowest BCUT2D eigenvalue weighted by molar-refractivity contribution is 0.482. The lowest BCUT2D eigenvalue weighted by atomic mass is 10.1. The van der Waals surface area contributed by atoms with Crippen LogP contribution in [-0.4, -0.2) is 6.54 Å². The van der Waals surface area contributed by atoms with E-state index in [1.165, 1.54) is 16.8 Å². The smallest absolute Gasteiger partial charge is 0.118 e. The molecular formula is C16H22N2O. The van der Waals surface area contributed by atoms with E-state index in [9.17, 15) is 0 Å². The molecule has 0 saturated carbocycles. The van der Waals surface area contributed by atoms with Gasteiger partial charge in [0.05, 0.1) is 6.54 Å². The average Bonchev–Trinajstić information content (AvgIpc) is 2.77. The molecule has 0 radical (unpaired) electrons. The Kier molecular flexibility index (Phi) is 4.27. The second-order valence-electron chi connectivity index (χ2n) is 4.80. The summed E-state index contributed by atoms with van der Waals surface area (Å²) in [7, 11) is 0. The third kappa shape index (κ3) is 2.99. The van der Waals surface area contributed by atoms with Crippen LogP contribution < -0.4 is 10.6 Å². The summed E-state index contributed by atoms with van der Waals surface area (Å²) in [4.78, 5) is 2.35. The molecule has 2 N–H and O–H groups in total. The second kappa shape index (κ2) is 5.93. The summed E-state index contributed by atoms with van der Waals surface area (Å²) in [5.41, 5.74) is 9.41. The number of furan rings is 1. The molecule has 3 heteroatoms. The highest BCUT2D eigenvalue weighted by Gasteiger charge is 2.12. The Bertz CT molecular complexity index is 545. The second-order valence-corrected chi connectivity index (χ2v) is 4.80. The Hall–Kier alpha value is -1.74. The van der Waals surface area contributed by atoms with E-state index in [1.54, 1.807) is 0 Å². The van der Waals surface area contributed by atoms with Gasteiger partial charge in [-0.3, -0.25) is 0 Å². The van der Waals surface area contributed by atoms with Crippen molar-refractivity contribution in [2.24, 2.45) is 5.73 Å². The first-order valence-corrected chi connectivity index (χ1v) is 6.74. The lowest BCUT2D eigenvalue weighted by Crippen LogP contribution is -2.22. The van der Waals surface area contributed by atoms with Crippen LogP contribution in [0.15, 0.2) is 34.7 Å². The molecule has 3 nitrogen and oxygen atoms in total. The molecule has 0 amide bonds. The molecule has 1 aromatic heterocycles. The van der Waals surface area contributed by atoms with Crippen LogP contribution in [-0.2, 0) is 13.1 Å². The molecule has 0 spiro atoms. The summed E-state index contributed by atoms with van der Waals surface area (Å²) in [6, 6.07) is 10.5. The van der Waals surface area contributed by atoms with Crippen LogP contribution in [0, 0.1) is 13.8 Å². The highest BCUT2D eigenvalue weighted by atomic mass is 16.3. The van der Waals surface area contributed by atoms with Crippen molar-refractivity contribution in [3.63, 3.8) is 0 Å². The van der Waals surface area contributed by atoms with E-state index < -0.39 is 0 Å². The molecule has 1 aromatic carbocycles. The van der Waals surface area contributed by atoms with Gasteiger partial charge in [-0.2, -0.15) is 0 Å². The first kappa shape index (κ1) is 13.7. The molecule has 0 aliphatic rings. The van der Waals surface area contributed by atoms with Crippen molar-refractivity contribution >= 4 is 5.69 Å². The van der Waals surface area contributed by atoms with E-state index in [4.69, 9.17) is 10.2 Å². The minimum atomic E-state index is 0.456. The summed E-state index contributed by atoms with van der Waals surface area (Å²) in [6.07, 6.45) is 0. The third-order valence-electron chi connectivity index (χ3n) is 3.47. The first-order valence-electron chi connectivity index (χ1n) is 6.74. The molecule has 0 bridgehead atoms. The minimum Gasteiger partial charge on any atom is -0.465 e. The van der Waals surface area contributed by atoms with Gasteiger partial charge in [-0.25, -0.2) is 0 Å². The van der Waals surface area contributed by atoms with Crippen molar-refractivity contribution in [1.82, 2.24) is 0 Å². The fraction of sp³-hybridized carbons (Fsp3) is 0.375. The number of anilines is 1. The molecule has 1 heterocycles. The summed E-state index contributed by atoms with van der Waals surface area (Å²) in [5, 5.41) is 0. The topological polar surface area (TPSA) is 42.4 Å². The maximum absolute atomic E-state index is 5.62. The zero-order valence-electron chi connectivity index (χ0n) is 11.9. The standard InChI is InChI=1S/C16H22N2O/c1-4-18(16-8-6-5-7-12(16)2)11-14-9-15(10-17)19-13(14)3/h5-9H,4,10-11,17H2,1-3H3. The van der Waals surface area contributed by atoms with Gasteiger partial charge in [0.2, 0.25) is 0 Å². The molecule has 0 fully saturated rings. The Morgan fingerprint density at radius 1 is 1.21 bits per heavy atom. The van der Waals surface area contributed by atoms with Gasteiger partial charge in [-0.1, -0.05) is 18.2 Å². The summed E-state index contributed by atoms with van der Waals surface area (Å²) in [6.45, 7) is 8.60. The average molecular weight is 258 g/mol. The van der Waals surface area contributed by atoms with Crippen LogP contribution in [0.5, 0.6) is 0 Å². The number of hydrogen-bond donors (Lipinski definition) is 1. The van der Waals surface area contributed by atoms with Crippen molar-refractivity contribution in [2.75, 3.05) is 11.4 Å². The Balaban J connectivity index is 2.24. The van der Waals surface area contributed by atoms with E-state index in [-0.39, 0.29) is 0 Å². The molecular weight excluding hydrogens is 236 g/mol.